The molecule has 0 spiro atoms. The number of thiazole rings is 1. The minimum atomic E-state index is 0. The molecule has 1 aromatic heterocycles. The van der Waals surface area contributed by atoms with E-state index in [4.69, 9.17) is 9.73 Å². The highest BCUT2D eigenvalue weighted by molar-refractivity contribution is 14.0. The number of halogens is 1. The summed E-state index contributed by atoms with van der Waals surface area (Å²) < 4.78 is 5.81. The van der Waals surface area contributed by atoms with Gasteiger partial charge in [-0.3, -0.25) is 4.99 Å². The van der Waals surface area contributed by atoms with Gasteiger partial charge in [0.2, 0.25) is 0 Å². The summed E-state index contributed by atoms with van der Waals surface area (Å²) in [4.78, 5) is 10.6. The molecule has 0 aliphatic carbocycles. The number of ether oxygens (including phenoxy) is 1. The molecule has 0 amide bonds. The molecule has 0 saturated carbocycles. The summed E-state index contributed by atoms with van der Waals surface area (Å²) in [6, 6.07) is 10.3. The zero-order valence-corrected chi connectivity index (χ0v) is 20.5. The van der Waals surface area contributed by atoms with Crippen LogP contribution in [-0.2, 0) is 17.8 Å². The maximum Gasteiger partial charge on any atom is 0.191 e. The number of rotatable bonds is 10. The van der Waals surface area contributed by atoms with Crippen molar-refractivity contribution in [1.29, 1.82) is 0 Å². The summed E-state index contributed by atoms with van der Waals surface area (Å²) in [6.07, 6.45) is 0.916. The van der Waals surface area contributed by atoms with Gasteiger partial charge >= 0.3 is 0 Å². The zero-order valence-electron chi connectivity index (χ0n) is 17.3. The van der Waals surface area contributed by atoms with Crippen molar-refractivity contribution in [2.24, 2.45) is 10.9 Å². The van der Waals surface area contributed by atoms with Crippen molar-refractivity contribution in [2.75, 3.05) is 26.2 Å². The molecule has 7 heteroatoms. The number of hydrogen-bond acceptors (Lipinski definition) is 4. The first-order valence-electron chi connectivity index (χ1n) is 9.65. The summed E-state index contributed by atoms with van der Waals surface area (Å²) in [6.45, 7) is 12.2. The Bertz CT molecular complexity index is 686. The SMILES string of the molecule is CCNC(=NCC(C)COCc1ccccc1)NCCc1nc(C)c(C)s1.I. The van der Waals surface area contributed by atoms with Gasteiger partial charge in [0.25, 0.3) is 0 Å². The third-order valence-corrected chi connectivity index (χ3v) is 5.26. The van der Waals surface area contributed by atoms with Gasteiger partial charge in [-0.05, 0) is 32.3 Å². The van der Waals surface area contributed by atoms with Gasteiger partial charge in [-0.1, -0.05) is 37.3 Å². The number of nitrogens with zero attached hydrogens (tertiary/aromatic N) is 2. The minimum Gasteiger partial charge on any atom is -0.376 e. The van der Waals surface area contributed by atoms with E-state index < -0.39 is 0 Å². The van der Waals surface area contributed by atoms with Crippen LogP contribution in [0.2, 0.25) is 0 Å². The van der Waals surface area contributed by atoms with Crippen molar-refractivity contribution >= 4 is 41.3 Å². The molecule has 1 unspecified atom stereocenters. The van der Waals surface area contributed by atoms with Crippen LogP contribution in [0.15, 0.2) is 35.3 Å². The van der Waals surface area contributed by atoms with Crippen LogP contribution in [0.4, 0.5) is 0 Å². The number of aromatic nitrogens is 1. The largest absolute Gasteiger partial charge is 0.376 e. The molecule has 2 N–H and O–H groups in total. The highest BCUT2D eigenvalue weighted by Crippen LogP contribution is 2.16. The van der Waals surface area contributed by atoms with Gasteiger partial charge in [0, 0.05) is 30.9 Å². The van der Waals surface area contributed by atoms with Crippen LogP contribution in [0, 0.1) is 19.8 Å². The van der Waals surface area contributed by atoms with Crippen LogP contribution in [0.5, 0.6) is 0 Å². The van der Waals surface area contributed by atoms with Gasteiger partial charge in [0.15, 0.2) is 5.96 Å². The number of aryl methyl sites for hydroxylation is 2. The first kappa shape index (κ1) is 24.8. The quantitative estimate of drug-likeness (QED) is 0.281. The van der Waals surface area contributed by atoms with E-state index in [1.807, 2.05) is 18.2 Å². The standard InChI is InChI=1S/C21H32N4OS.HI/c1-5-22-21(23-12-11-20-25-17(3)18(4)27-20)24-13-16(2)14-26-15-19-9-7-6-8-10-19;/h6-10,16H,5,11-15H2,1-4H3,(H2,22,23,24);1H. The molecule has 1 atom stereocenters. The van der Waals surface area contributed by atoms with E-state index in [1.54, 1.807) is 11.3 Å². The van der Waals surface area contributed by atoms with Gasteiger partial charge in [-0.2, -0.15) is 0 Å². The number of hydrogen-bond donors (Lipinski definition) is 2. The van der Waals surface area contributed by atoms with Crippen molar-refractivity contribution in [1.82, 2.24) is 15.6 Å². The molecule has 1 aromatic carbocycles. The lowest BCUT2D eigenvalue weighted by molar-refractivity contribution is 0.0945. The van der Waals surface area contributed by atoms with E-state index in [9.17, 15) is 0 Å². The molecule has 1 heterocycles. The maximum absolute atomic E-state index is 5.81. The lowest BCUT2D eigenvalue weighted by atomic mass is 10.2. The van der Waals surface area contributed by atoms with Crippen molar-refractivity contribution in [2.45, 2.75) is 40.7 Å². The van der Waals surface area contributed by atoms with Gasteiger partial charge < -0.3 is 15.4 Å². The number of nitrogens with one attached hydrogen (secondary N) is 2. The molecule has 156 valence electrons. The van der Waals surface area contributed by atoms with Crippen molar-refractivity contribution in [3.8, 4) is 0 Å². The second-order valence-corrected chi connectivity index (χ2v) is 8.04. The molecule has 0 aliphatic rings. The fourth-order valence-corrected chi connectivity index (χ4v) is 3.46. The first-order chi connectivity index (χ1) is 13.1. The Labute approximate surface area is 190 Å². The van der Waals surface area contributed by atoms with Gasteiger partial charge in [0.1, 0.15) is 0 Å². The lowest BCUT2D eigenvalue weighted by Gasteiger charge is -2.13. The third kappa shape index (κ3) is 9.34. The molecule has 0 aliphatic heterocycles. The summed E-state index contributed by atoms with van der Waals surface area (Å²) in [5, 5.41) is 7.88. The molecular weight excluding hydrogens is 483 g/mol. The van der Waals surface area contributed by atoms with Crippen LogP contribution >= 0.6 is 35.3 Å². The molecule has 2 aromatic rings. The van der Waals surface area contributed by atoms with E-state index >= 15 is 0 Å². The predicted octanol–water partition coefficient (Wildman–Crippen LogP) is 4.33. The van der Waals surface area contributed by atoms with Crippen molar-refractivity contribution in [3.63, 3.8) is 0 Å². The lowest BCUT2D eigenvalue weighted by Crippen LogP contribution is -2.38. The summed E-state index contributed by atoms with van der Waals surface area (Å²) in [5.74, 6) is 1.23. The number of benzene rings is 1. The predicted molar refractivity (Wildman–Crippen MR) is 130 cm³/mol. The molecule has 0 bridgehead atoms. The van der Waals surface area contributed by atoms with Gasteiger partial charge in [-0.25, -0.2) is 4.98 Å². The molecule has 2 rings (SSSR count). The van der Waals surface area contributed by atoms with Gasteiger partial charge in [-0.15, -0.1) is 35.3 Å². The number of aliphatic imine (C=N–C) groups is 1. The Morgan fingerprint density at radius 1 is 1.21 bits per heavy atom. The Balaban J connectivity index is 0.00000392. The summed E-state index contributed by atoms with van der Waals surface area (Å²) >= 11 is 1.78. The van der Waals surface area contributed by atoms with E-state index in [2.05, 4.69) is 55.4 Å². The van der Waals surface area contributed by atoms with Crippen molar-refractivity contribution in [3.05, 3.63) is 51.5 Å². The van der Waals surface area contributed by atoms with Crippen molar-refractivity contribution < 1.29 is 4.74 Å². The summed E-state index contributed by atoms with van der Waals surface area (Å²) in [5.41, 5.74) is 2.34. The second-order valence-electron chi connectivity index (χ2n) is 6.75. The van der Waals surface area contributed by atoms with Crippen LogP contribution in [0.1, 0.15) is 35.0 Å². The first-order valence-corrected chi connectivity index (χ1v) is 10.5. The van der Waals surface area contributed by atoms with Crippen LogP contribution in [0.3, 0.4) is 0 Å². The van der Waals surface area contributed by atoms with Crippen LogP contribution in [0.25, 0.3) is 0 Å². The average molecular weight is 516 g/mol. The Hall–Kier alpha value is -1.19. The zero-order chi connectivity index (χ0) is 19.5. The summed E-state index contributed by atoms with van der Waals surface area (Å²) in [7, 11) is 0. The third-order valence-electron chi connectivity index (χ3n) is 4.12. The molecular formula is C21H33IN4OS. The Morgan fingerprint density at radius 3 is 2.61 bits per heavy atom. The fourth-order valence-electron chi connectivity index (χ4n) is 2.53. The highest BCUT2D eigenvalue weighted by atomic mass is 127. The van der Waals surface area contributed by atoms with Crippen LogP contribution in [-0.4, -0.2) is 37.2 Å². The smallest absolute Gasteiger partial charge is 0.191 e. The fraction of sp³-hybridized carbons (Fsp3) is 0.524. The van der Waals surface area contributed by atoms with E-state index in [-0.39, 0.29) is 24.0 Å². The molecule has 0 radical (unpaired) electrons. The van der Waals surface area contributed by atoms with E-state index in [0.29, 0.717) is 19.1 Å². The average Bonchev–Trinajstić information content (AvgIpc) is 2.98. The monoisotopic (exact) mass is 516 g/mol. The van der Waals surface area contributed by atoms with E-state index in [0.717, 1.165) is 37.7 Å². The molecule has 28 heavy (non-hydrogen) atoms. The minimum absolute atomic E-state index is 0. The molecule has 5 nitrogen and oxygen atoms in total. The Kier molecular flexibility index (Phi) is 12.3. The molecule has 0 fully saturated rings. The normalized spacial score (nSPS) is 12.4. The van der Waals surface area contributed by atoms with Crippen LogP contribution < -0.4 is 10.6 Å². The molecule has 0 saturated heterocycles. The van der Waals surface area contributed by atoms with Gasteiger partial charge in [0.05, 0.1) is 23.9 Å². The highest BCUT2D eigenvalue weighted by Gasteiger charge is 2.06. The number of guanidine groups is 1. The second kappa shape index (κ2) is 13.9. The topological polar surface area (TPSA) is 58.5 Å². The van der Waals surface area contributed by atoms with E-state index in [1.165, 1.54) is 15.4 Å². The maximum atomic E-state index is 5.81. The Morgan fingerprint density at radius 2 is 1.96 bits per heavy atom.